The molecule has 0 spiro atoms. The van der Waals surface area contributed by atoms with Gasteiger partial charge in [-0.05, 0) is 28.7 Å². The van der Waals surface area contributed by atoms with Crippen LogP contribution in [0.4, 0.5) is 0 Å². The summed E-state index contributed by atoms with van der Waals surface area (Å²) in [6.45, 7) is 0. The Labute approximate surface area is 88.2 Å². The summed E-state index contributed by atoms with van der Waals surface area (Å²) in [7, 11) is 1.45. The van der Waals surface area contributed by atoms with Crippen LogP contribution in [0.3, 0.4) is 0 Å². The quantitative estimate of drug-likeness (QED) is 0.477. The molecule has 1 heterocycles. The van der Waals surface area contributed by atoms with Crippen molar-refractivity contribution in [3.8, 4) is 5.88 Å². The first kappa shape index (κ1) is 9.73. The molecule has 0 fully saturated rings. The zero-order chi connectivity index (χ0) is 9.14. The van der Waals surface area contributed by atoms with Gasteiger partial charge in [0, 0.05) is 3.57 Å². The molecule has 3 nitrogen and oxygen atoms in total. The van der Waals surface area contributed by atoms with E-state index in [2.05, 4.69) is 4.98 Å². The van der Waals surface area contributed by atoms with E-state index in [9.17, 15) is 4.79 Å². The highest BCUT2D eigenvalue weighted by Crippen LogP contribution is 2.22. The molecule has 1 aromatic rings. The molecule has 0 aromatic carbocycles. The molecule has 0 aliphatic carbocycles. The smallest absolute Gasteiger partial charge is 0.226 e. The Hall–Kier alpha value is -0.360. The molecule has 12 heavy (non-hydrogen) atoms. The van der Waals surface area contributed by atoms with Crippen molar-refractivity contribution in [2.45, 2.75) is 0 Å². The summed E-state index contributed by atoms with van der Waals surface area (Å²) in [6, 6.07) is 1.61. The van der Waals surface area contributed by atoms with Gasteiger partial charge in [-0.3, -0.25) is 4.79 Å². The maximum atomic E-state index is 10.6. The van der Waals surface area contributed by atoms with E-state index in [1.54, 1.807) is 6.07 Å². The Balaban J connectivity index is 3.33. The third kappa shape index (κ3) is 1.87. The summed E-state index contributed by atoms with van der Waals surface area (Å²) in [5.74, 6) is 0.266. The molecule has 1 rings (SSSR count). The van der Waals surface area contributed by atoms with Crippen LogP contribution < -0.4 is 4.74 Å². The molecule has 0 aliphatic heterocycles. The molecular formula is C7H5ClINO2. The van der Waals surface area contributed by atoms with E-state index in [-0.39, 0.29) is 5.88 Å². The molecule has 0 unspecified atom stereocenters. The lowest BCUT2D eigenvalue weighted by molar-refractivity contribution is 0.111. The van der Waals surface area contributed by atoms with Crippen molar-refractivity contribution < 1.29 is 9.53 Å². The van der Waals surface area contributed by atoms with Gasteiger partial charge in [0.05, 0.1) is 12.7 Å². The molecule has 1 aromatic heterocycles. The number of carbonyl (C=O) groups excluding carboxylic acids is 1. The van der Waals surface area contributed by atoms with Crippen molar-refractivity contribution in [3.63, 3.8) is 0 Å². The minimum atomic E-state index is 0.266. The highest BCUT2D eigenvalue weighted by atomic mass is 127. The molecule has 0 amide bonds. The normalized spacial score (nSPS) is 9.58. The van der Waals surface area contributed by atoms with Crippen molar-refractivity contribution in [1.29, 1.82) is 0 Å². The summed E-state index contributed by atoms with van der Waals surface area (Å²) >= 11 is 7.65. The number of methoxy groups -OCH3 is 1. The molecule has 0 saturated carbocycles. The second-order valence-electron chi connectivity index (χ2n) is 1.97. The van der Waals surface area contributed by atoms with Gasteiger partial charge < -0.3 is 4.74 Å². The summed E-state index contributed by atoms with van der Waals surface area (Å²) in [4.78, 5) is 14.4. The lowest BCUT2D eigenvalue weighted by Crippen LogP contribution is -1.97. The third-order valence-electron chi connectivity index (χ3n) is 1.25. The monoisotopic (exact) mass is 297 g/mol. The number of aromatic nitrogens is 1. The van der Waals surface area contributed by atoms with Crippen LogP contribution in [0.1, 0.15) is 10.4 Å². The second kappa shape index (κ2) is 4.04. The number of nitrogens with zero attached hydrogens (tertiary/aromatic N) is 1. The highest BCUT2D eigenvalue weighted by Gasteiger charge is 2.09. The first-order valence-corrected chi connectivity index (χ1v) is 4.50. The number of aldehydes is 1. The van der Waals surface area contributed by atoms with E-state index in [0.29, 0.717) is 17.0 Å². The fourth-order valence-electron chi connectivity index (χ4n) is 0.736. The van der Waals surface area contributed by atoms with Gasteiger partial charge in [-0.25, -0.2) is 4.98 Å². The summed E-state index contributed by atoms with van der Waals surface area (Å²) in [5.41, 5.74) is 0.433. The third-order valence-corrected chi connectivity index (χ3v) is 2.34. The van der Waals surface area contributed by atoms with Crippen LogP contribution in [0.5, 0.6) is 5.88 Å². The van der Waals surface area contributed by atoms with Crippen LogP contribution in [-0.2, 0) is 0 Å². The molecule has 0 atom stereocenters. The predicted molar refractivity (Wildman–Crippen MR) is 53.9 cm³/mol. The zero-order valence-corrected chi connectivity index (χ0v) is 9.09. The average molecular weight is 297 g/mol. The van der Waals surface area contributed by atoms with Crippen molar-refractivity contribution >= 4 is 40.5 Å². The van der Waals surface area contributed by atoms with Gasteiger partial charge in [0.25, 0.3) is 0 Å². The summed E-state index contributed by atoms with van der Waals surface area (Å²) in [6.07, 6.45) is 0.698. The number of pyridine rings is 1. The largest absolute Gasteiger partial charge is 0.480 e. The number of ether oxygens (including phenoxy) is 1. The van der Waals surface area contributed by atoms with Crippen LogP contribution in [-0.4, -0.2) is 18.4 Å². The first-order chi connectivity index (χ1) is 5.69. The van der Waals surface area contributed by atoms with Crippen LogP contribution in [0.15, 0.2) is 6.07 Å². The Morgan fingerprint density at radius 1 is 1.75 bits per heavy atom. The number of hydrogen-bond donors (Lipinski definition) is 0. The Morgan fingerprint density at radius 3 is 2.92 bits per heavy atom. The molecule has 0 N–H and O–H groups in total. The van der Waals surface area contributed by atoms with E-state index in [4.69, 9.17) is 16.3 Å². The van der Waals surface area contributed by atoms with Crippen LogP contribution in [0, 0.1) is 3.57 Å². The predicted octanol–water partition coefficient (Wildman–Crippen LogP) is 2.16. The molecule has 0 radical (unpaired) electrons. The van der Waals surface area contributed by atoms with Gasteiger partial charge in [-0.15, -0.1) is 0 Å². The van der Waals surface area contributed by atoms with Crippen LogP contribution >= 0.6 is 34.2 Å². The van der Waals surface area contributed by atoms with Gasteiger partial charge in [0.15, 0.2) is 6.29 Å². The van der Waals surface area contributed by atoms with Gasteiger partial charge in [-0.2, -0.15) is 0 Å². The molecule has 0 aliphatic rings. The fourth-order valence-corrected chi connectivity index (χ4v) is 1.76. The Morgan fingerprint density at radius 2 is 2.42 bits per heavy atom. The van der Waals surface area contributed by atoms with E-state index in [1.807, 2.05) is 22.6 Å². The van der Waals surface area contributed by atoms with Crippen molar-refractivity contribution in [3.05, 3.63) is 20.4 Å². The van der Waals surface area contributed by atoms with E-state index in [1.165, 1.54) is 7.11 Å². The fraction of sp³-hybridized carbons (Fsp3) is 0.143. The van der Waals surface area contributed by atoms with Gasteiger partial charge in [-0.1, -0.05) is 11.6 Å². The lowest BCUT2D eigenvalue weighted by atomic mass is 10.3. The Kier molecular flexibility index (Phi) is 3.28. The SMILES string of the molecule is COc1nc(Cl)cc(I)c1C=O. The van der Waals surface area contributed by atoms with E-state index in [0.717, 1.165) is 3.57 Å². The number of carbonyl (C=O) groups is 1. The van der Waals surface area contributed by atoms with Gasteiger partial charge in [0.1, 0.15) is 5.15 Å². The molecule has 0 bridgehead atoms. The highest BCUT2D eigenvalue weighted by molar-refractivity contribution is 14.1. The topological polar surface area (TPSA) is 39.2 Å². The van der Waals surface area contributed by atoms with E-state index < -0.39 is 0 Å². The molecule has 5 heteroatoms. The van der Waals surface area contributed by atoms with Crippen LogP contribution in [0.2, 0.25) is 5.15 Å². The summed E-state index contributed by atoms with van der Waals surface area (Å²) < 4.78 is 5.60. The van der Waals surface area contributed by atoms with Gasteiger partial charge >= 0.3 is 0 Å². The Bertz CT molecular complexity index is 317. The van der Waals surface area contributed by atoms with Gasteiger partial charge in [0.2, 0.25) is 5.88 Å². The number of hydrogen-bond acceptors (Lipinski definition) is 3. The first-order valence-electron chi connectivity index (χ1n) is 3.04. The van der Waals surface area contributed by atoms with Crippen molar-refractivity contribution in [1.82, 2.24) is 4.98 Å². The molecule has 64 valence electrons. The van der Waals surface area contributed by atoms with Crippen LogP contribution in [0.25, 0.3) is 0 Å². The lowest BCUT2D eigenvalue weighted by Gasteiger charge is -2.03. The number of halogens is 2. The standard InChI is InChI=1S/C7H5ClINO2/c1-12-7-4(3-11)5(9)2-6(8)10-7/h2-3H,1H3. The molecular weight excluding hydrogens is 292 g/mol. The van der Waals surface area contributed by atoms with E-state index >= 15 is 0 Å². The van der Waals surface area contributed by atoms with Crippen molar-refractivity contribution in [2.24, 2.45) is 0 Å². The zero-order valence-electron chi connectivity index (χ0n) is 6.17. The second-order valence-corrected chi connectivity index (χ2v) is 3.52. The number of rotatable bonds is 2. The minimum Gasteiger partial charge on any atom is -0.480 e. The maximum absolute atomic E-state index is 10.6. The minimum absolute atomic E-state index is 0.266. The van der Waals surface area contributed by atoms with Crippen molar-refractivity contribution in [2.75, 3.05) is 7.11 Å². The average Bonchev–Trinajstić information content (AvgIpc) is 2.03. The summed E-state index contributed by atoms with van der Waals surface area (Å²) in [5, 5.41) is 0.321. The molecule has 0 saturated heterocycles. The maximum Gasteiger partial charge on any atom is 0.226 e.